The van der Waals surface area contributed by atoms with E-state index in [9.17, 15) is 8.78 Å². The lowest BCUT2D eigenvalue weighted by Gasteiger charge is -2.11. The molecule has 3 rings (SSSR count). The maximum absolute atomic E-state index is 15.0. The number of halogens is 3. The minimum atomic E-state index is -1.13. The predicted molar refractivity (Wildman–Crippen MR) is 106 cm³/mol. The Morgan fingerprint density at radius 1 is 0.741 bits per heavy atom. The van der Waals surface area contributed by atoms with Crippen molar-refractivity contribution < 1.29 is 13.2 Å². The van der Waals surface area contributed by atoms with Gasteiger partial charge < -0.3 is 0 Å². The first-order valence-electron chi connectivity index (χ1n) is 8.97. The zero-order valence-electron chi connectivity index (χ0n) is 15.1. The number of rotatable bonds is 7. The van der Waals surface area contributed by atoms with Gasteiger partial charge in [-0.2, -0.15) is 0 Å². The highest BCUT2D eigenvalue weighted by atomic mass is 19.2. The van der Waals surface area contributed by atoms with Crippen molar-refractivity contribution in [2.24, 2.45) is 0 Å². The molecule has 0 spiro atoms. The minimum Gasteiger partial charge on any atom is -0.206 e. The Morgan fingerprint density at radius 2 is 1.41 bits per heavy atom. The van der Waals surface area contributed by atoms with Crippen LogP contribution in [-0.2, 0) is 12.8 Å². The van der Waals surface area contributed by atoms with Gasteiger partial charge in [0.2, 0.25) is 0 Å². The molecule has 0 aliphatic carbocycles. The molecule has 27 heavy (non-hydrogen) atoms. The topological polar surface area (TPSA) is 0 Å². The molecule has 3 heteroatoms. The van der Waals surface area contributed by atoms with Gasteiger partial charge in [0, 0.05) is 5.56 Å². The molecule has 3 aromatic carbocycles. The first-order valence-corrected chi connectivity index (χ1v) is 8.97. The van der Waals surface area contributed by atoms with Crippen LogP contribution in [0.25, 0.3) is 21.9 Å². The Labute approximate surface area is 157 Å². The van der Waals surface area contributed by atoms with E-state index >= 15 is 4.39 Å². The molecule has 0 aromatic heterocycles. The standard InChI is InChI=1S/C24H21F3/c1-3-5-7-16-9-11-17(12-10-16)20-14-13-18-15-19(8-6-4-2)22(25)24(27)21(18)23(20)26/h3-4,9-15H,1-2,5-8H2. The highest BCUT2D eigenvalue weighted by Gasteiger charge is 2.19. The van der Waals surface area contributed by atoms with Gasteiger partial charge in [0.15, 0.2) is 11.6 Å². The molecule has 0 saturated heterocycles. The summed E-state index contributed by atoms with van der Waals surface area (Å²) in [6, 6.07) is 12.2. The molecular weight excluding hydrogens is 345 g/mol. The van der Waals surface area contributed by atoms with Crippen LogP contribution in [0.1, 0.15) is 24.0 Å². The van der Waals surface area contributed by atoms with Crippen LogP contribution in [0.3, 0.4) is 0 Å². The van der Waals surface area contributed by atoms with E-state index in [2.05, 4.69) is 13.2 Å². The second-order valence-electron chi connectivity index (χ2n) is 6.54. The van der Waals surface area contributed by atoms with E-state index in [4.69, 9.17) is 0 Å². The summed E-state index contributed by atoms with van der Waals surface area (Å²) in [4.78, 5) is 0. The van der Waals surface area contributed by atoms with Crippen molar-refractivity contribution in [1.29, 1.82) is 0 Å². The van der Waals surface area contributed by atoms with Gasteiger partial charge in [-0.15, -0.1) is 13.2 Å². The lowest BCUT2D eigenvalue weighted by molar-refractivity contribution is 0.502. The molecule has 0 bridgehead atoms. The summed E-state index contributed by atoms with van der Waals surface area (Å²) in [5.74, 6) is -2.85. The van der Waals surface area contributed by atoms with Crippen LogP contribution in [-0.4, -0.2) is 0 Å². The van der Waals surface area contributed by atoms with Crippen LogP contribution in [0.4, 0.5) is 13.2 Å². The first kappa shape index (κ1) is 19.0. The normalized spacial score (nSPS) is 10.9. The largest absolute Gasteiger partial charge is 0.206 e. The third-order valence-corrected chi connectivity index (χ3v) is 4.72. The number of hydrogen-bond donors (Lipinski definition) is 0. The van der Waals surface area contributed by atoms with E-state index in [-0.39, 0.29) is 16.5 Å². The predicted octanol–water partition coefficient (Wildman–Crippen LogP) is 7.16. The fourth-order valence-corrected chi connectivity index (χ4v) is 3.22. The molecule has 0 fully saturated rings. The molecular formula is C24H21F3. The second kappa shape index (κ2) is 8.26. The van der Waals surface area contributed by atoms with Crippen LogP contribution in [0.5, 0.6) is 0 Å². The van der Waals surface area contributed by atoms with Gasteiger partial charge in [-0.3, -0.25) is 0 Å². The lowest BCUT2D eigenvalue weighted by atomic mass is 9.96. The molecule has 0 radical (unpaired) electrons. The minimum absolute atomic E-state index is 0.235. The Morgan fingerprint density at radius 3 is 2.07 bits per heavy atom. The third kappa shape index (κ3) is 3.82. The van der Waals surface area contributed by atoms with Crippen molar-refractivity contribution in [2.75, 3.05) is 0 Å². The Balaban J connectivity index is 2.05. The van der Waals surface area contributed by atoms with Crippen LogP contribution in [0.15, 0.2) is 67.8 Å². The van der Waals surface area contributed by atoms with Crippen molar-refractivity contribution in [1.82, 2.24) is 0 Å². The molecule has 0 heterocycles. The molecule has 0 unspecified atom stereocenters. The number of aryl methyl sites for hydroxylation is 2. The fourth-order valence-electron chi connectivity index (χ4n) is 3.22. The third-order valence-electron chi connectivity index (χ3n) is 4.72. The lowest BCUT2D eigenvalue weighted by Crippen LogP contribution is -1.99. The zero-order valence-corrected chi connectivity index (χ0v) is 15.1. The molecule has 138 valence electrons. The van der Waals surface area contributed by atoms with Gasteiger partial charge in [0.1, 0.15) is 5.82 Å². The van der Waals surface area contributed by atoms with E-state index in [1.165, 1.54) is 6.07 Å². The number of fused-ring (bicyclic) bond motifs is 1. The monoisotopic (exact) mass is 366 g/mol. The quantitative estimate of drug-likeness (QED) is 0.389. The maximum Gasteiger partial charge on any atom is 0.169 e. The number of hydrogen-bond acceptors (Lipinski definition) is 0. The average molecular weight is 366 g/mol. The summed E-state index contributed by atoms with van der Waals surface area (Å²) in [5.41, 5.74) is 2.24. The smallest absolute Gasteiger partial charge is 0.169 e. The van der Waals surface area contributed by atoms with Gasteiger partial charge >= 0.3 is 0 Å². The SMILES string of the molecule is C=CCCc1ccc(-c2ccc3cc(CCC=C)c(F)c(F)c3c2F)cc1. The van der Waals surface area contributed by atoms with Gasteiger partial charge in [0.05, 0.1) is 5.39 Å². The van der Waals surface area contributed by atoms with E-state index in [0.29, 0.717) is 23.8 Å². The zero-order chi connectivity index (χ0) is 19.4. The van der Waals surface area contributed by atoms with Crippen molar-refractivity contribution in [2.45, 2.75) is 25.7 Å². The molecule has 0 N–H and O–H groups in total. The van der Waals surface area contributed by atoms with E-state index in [1.54, 1.807) is 30.3 Å². The van der Waals surface area contributed by atoms with Gasteiger partial charge in [0.25, 0.3) is 0 Å². The van der Waals surface area contributed by atoms with Crippen molar-refractivity contribution in [3.05, 3.63) is 96.4 Å². The second-order valence-corrected chi connectivity index (χ2v) is 6.54. The van der Waals surface area contributed by atoms with E-state index in [0.717, 1.165) is 18.4 Å². The fraction of sp³-hybridized carbons (Fsp3) is 0.167. The maximum atomic E-state index is 15.0. The van der Waals surface area contributed by atoms with E-state index in [1.807, 2.05) is 18.2 Å². The molecule has 0 nitrogen and oxygen atoms in total. The van der Waals surface area contributed by atoms with Crippen LogP contribution < -0.4 is 0 Å². The molecule has 0 aliphatic heterocycles. The van der Waals surface area contributed by atoms with Crippen LogP contribution in [0.2, 0.25) is 0 Å². The molecule has 0 atom stereocenters. The highest BCUT2D eigenvalue weighted by molar-refractivity contribution is 5.89. The Kier molecular flexibility index (Phi) is 5.80. The number of allylic oxidation sites excluding steroid dienone is 2. The first-order chi connectivity index (χ1) is 13.1. The Bertz CT molecular complexity index is 985. The summed E-state index contributed by atoms with van der Waals surface area (Å²) >= 11 is 0. The van der Waals surface area contributed by atoms with Crippen molar-refractivity contribution in [3.63, 3.8) is 0 Å². The van der Waals surface area contributed by atoms with Gasteiger partial charge in [-0.05, 0) is 53.8 Å². The van der Waals surface area contributed by atoms with E-state index < -0.39 is 17.5 Å². The summed E-state index contributed by atoms with van der Waals surface area (Å²) < 4.78 is 44.0. The van der Waals surface area contributed by atoms with Gasteiger partial charge in [-0.25, -0.2) is 13.2 Å². The Hall–Kier alpha value is -2.81. The highest BCUT2D eigenvalue weighted by Crippen LogP contribution is 2.33. The summed E-state index contributed by atoms with van der Waals surface area (Å²) in [5, 5.41) is 0.0555. The molecule has 3 aromatic rings. The van der Waals surface area contributed by atoms with Gasteiger partial charge in [-0.1, -0.05) is 48.6 Å². The molecule has 0 saturated carbocycles. The summed E-state index contributed by atoms with van der Waals surface area (Å²) in [6.07, 6.45) is 6.07. The van der Waals surface area contributed by atoms with Crippen LogP contribution in [0, 0.1) is 17.5 Å². The summed E-state index contributed by atoms with van der Waals surface area (Å²) in [7, 11) is 0. The average Bonchev–Trinajstić information content (AvgIpc) is 2.68. The number of benzene rings is 3. The summed E-state index contributed by atoms with van der Waals surface area (Å²) in [6.45, 7) is 7.29. The molecule has 0 aliphatic rings. The molecule has 0 amide bonds. The van der Waals surface area contributed by atoms with Crippen molar-refractivity contribution in [3.8, 4) is 11.1 Å². The van der Waals surface area contributed by atoms with Crippen molar-refractivity contribution >= 4 is 10.8 Å². The van der Waals surface area contributed by atoms with Crippen LogP contribution >= 0.6 is 0 Å².